The highest BCUT2D eigenvalue weighted by Crippen LogP contribution is 2.44. The lowest BCUT2D eigenvalue weighted by Gasteiger charge is -2.37. The Morgan fingerprint density at radius 2 is 1.73 bits per heavy atom. The van der Waals surface area contributed by atoms with Gasteiger partial charge in [0.2, 0.25) is 5.91 Å². The minimum atomic E-state index is -2.65. The molecule has 1 aromatic carbocycles. The summed E-state index contributed by atoms with van der Waals surface area (Å²) in [7, 11) is 1.79. The Hall–Kier alpha value is -4.00. The van der Waals surface area contributed by atoms with E-state index in [0.29, 0.717) is 56.3 Å². The zero-order chi connectivity index (χ0) is 34.6. The van der Waals surface area contributed by atoms with Crippen LogP contribution in [0.2, 0.25) is 0 Å². The number of hydrogen-bond acceptors (Lipinski definition) is 7. The molecule has 4 aliphatic rings. The van der Waals surface area contributed by atoms with Gasteiger partial charge in [0.05, 0.1) is 18.8 Å². The second-order valence-corrected chi connectivity index (χ2v) is 15.0. The topological polar surface area (TPSA) is 92.0 Å². The van der Waals surface area contributed by atoms with E-state index in [1.54, 1.807) is 37.1 Å². The molecule has 2 aromatic heterocycles. The molecule has 0 N–H and O–H groups in total. The number of aromatic nitrogens is 4. The lowest BCUT2D eigenvalue weighted by atomic mass is 9.92. The number of hydrogen-bond donors (Lipinski definition) is 0. The highest BCUT2D eigenvalue weighted by atomic mass is 19.3. The summed E-state index contributed by atoms with van der Waals surface area (Å²) in [6.45, 7) is 12.2. The fourth-order valence-corrected chi connectivity index (χ4v) is 8.10. The summed E-state index contributed by atoms with van der Waals surface area (Å²) in [5, 5.41) is 9.52. The van der Waals surface area contributed by atoms with Crippen molar-refractivity contribution in [3.63, 3.8) is 0 Å². The maximum Gasteiger partial charge on any atom is 0.410 e. The molecular formula is C36H48F2N8O3. The van der Waals surface area contributed by atoms with Gasteiger partial charge < -0.3 is 19.4 Å². The van der Waals surface area contributed by atoms with Crippen LogP contribution in [0.1, 0.15) is 88.2 Å². The van der Waals surface area contributed by atoms with E-state index in [4.69, 9.17) is 9.84 Å². The number of amides is 2. The van der Waals surface area contributed by atoms with Crippen molar-refractivity contribution < 1.29 is 23.1 Å². The molecule has 4 aliphatic heterocycles. The van der Waals surface area contributed by atoms with Crippen LogP contribution in [0.25, 0.3) is 11.1 Å². The molecule has 3 aromatic rings. The highest BCUT2D eigenvalue weighted by Gasteiger charge is 2.37. The van der Waals surface area contributed by atoms with Gasteiger partial charge in [0, 0.05) is 100.0 Å². The molecule has 0 bridgehead atoms. The number of ether oxygens (including phenoxy) is 1. The van der Waals surface area contributed by atoms with Crippen LogP contribution >= 0.6 is 0 Å². The van der Waals surface area contributed by atoms with Gasteiger partial charge in [-0.05, 0) is 76.1 Å². The summed E-state index contributed by atoms with van der Waals surface area (Å²) in [6.07, 6.45) is 5.67. The Bertz CT molecular complexity index is 1720. The molecule has 0 spiro atoms. The Kier molecular flexibility index (Phi) is 8.91. The average Bonchev–Trinajstić information content (AvgIpc) is 3.82. The molecule has 1 atom stereocenters. The van der Waals surface area contributed by atoms with Crippen molar-refractivity contribution in [2.45, 2.75) is 96.9 Å². The number of anilines is 2. The maximum absolute atomic E-state index is 14.6. The Labute approximate surface area is 286 Å². The third kappa shape index (κ3) is 6.65. The molecule has 2 fully saturated rings. The van der Waals surface area contributed by atoms with Gasteiger partial charge in [0.15, 0.2) is 5.82 Å². The van der Waals surface area contributed by atoms with Crippen molar-refractivity contribution in [1.82, 2.24) is 34.3 Å². The van der Waals surface area contributed by atoms with Crippen molar-refractivity contribution in [3.8, 4) is 11.1 Å². The van der Waals surface area contributed by atoms with Crippen LogP contribution in [-0.2, 0) is 36.0 Å². The molecule has 6 heterocycles. The van der Waals surface area contributed by atoms with E-state index in [2.05, 4.69) is 19.6 Å². The van der Waals surface area contributed by atoms with Gasteiger partial charge in [-0.2, -0.15) is 10.2 Å². The van der Waals surface area contributed by atoms with Crippen LogP contribution in [0.4, 0.5) is 25.1 Å². The predicted octanol–water partition coefficient (Wildman–Crippen LogP) is 5.86. The first-order valence-corrected chi connectivity index (χ1v) is 17.7. The number of piperidine rings is 1. The molecule has 0 aliphatic carbocycles. The minimum Gasteiger partial charge on any atom is -0.444 e. The van der Waals surface area contributed by atoms with Crippen molar-refractivity contribution in [2.75, 3.05) is 44.2 Å². The van der Waals surface area contributed by atoms with Gasteiger partial charge in [-0.1, -0.05) is 0 Å². The van der Waals surface area contributed by atoms with Crippen LogP contribution in [-0.4, -0.2) is 97.2 Å². The third-order valence-corrected chi connectivity index (χ3v) is 10.6. The predicted molar refractivity (Wildman–Crippen MR) is 182 cm³/mol. The monoisotopic (exact) mass is 678 g/mol. The molecule has 0 unspecified atom stereocenters. The second kappa shape index (κ2) is 13.0. The van der Waals surface area contributed by atoms with Crippen LogP contribution in [0.3, 0.4) is 0 Å². The summed E-state index contributed by atoms with van der Waals surface area (Å²) in [4.78, 5) is 33.5. The molecule has 11 nitrogen and oxygen atoms in total. The first kappa shape index (κ1) is 33.5. The smallest absolute Gasteiger partial charge is 0.410 e. The van der Waals surface area contributed by atoms with Crippen LogP contribution in [0.15, 0.2) is 24.5 Å². The van der Waals surface area contributed by atoms with Crippen LogP contribution < -0.4 is 4.90 Å². The SMILES string of the molecule is CC(=O)N1CCc2c(c(N3CCCc4cc(-c5cnn(C)c5)c(C(F)F)cc43)nn2C2CCN([C@H]3CCN(C(=O)OC(C)(C)C)C3)CC2)C1. The van der Waals surface area contributed by atoms with Crippen LogP contribution in [0.5, 0.6) is 0 Å². The summed E-state index contributed by atoms with van der Waals surface area (Å²) in [6, 6.07) is 4.07. The summed E-state index contributed by atoms with van der Waals surface area (Å²) >= 11 is 0. The van der Waals surface area contributed by atoms with Crippen LogP contribution in [0, 0.1) is 0 Å². The largest absolute Gasteiger partial charge is 0.444 e. The van der Waals surface area contributed by atoms with Gasteiger partial charge in [-0.3, -0.25) is 19.1 Å². The average molecular weight is 679 g/mol. The summed E-state index contributed by atoms with van der Waals surface area (Å²) in [5.41, 5.74) is 4.63. The molecule has 49 heavy (non-hydrogen) atoms. The fourth-order valence-electron chi connectivity index (χ4n) is 8.10. The molecule has 2 amide bonds. The molecule has 0 saturated carbocycles. The zero-order valence-electron chi connectivity index (χ0n) is 29.3. The van der Waals surface area contributed by atoms with Crippen molar-refractivity contribution in [1.29, 1.82) is 0 Å². The minimum absolute atomic E-state index is 0.0122. The van der Waals surface area contributed by atoms with E-state index >= 15 is 0 Å². The lowest BCUT2D eigenvalue weighted by Crippen LogP contribution is -2.44. The van der Waals surface area contributed by atoms with Gasteiger partial charge in [-0.25, -0.2) is 13.6 Å². The normalized spacial score (nSPS) is 20.6. The van der Waals surface area contributed by atoms with E-state index in [-0.39, 0.29) is 23.6 Å². The third-order valence-electron chi connectivity index (χ3n) is 10.6. The zero-order valence-corrected chi connectivity index (χ0v) is 29.3. The first-order valence-electron chi connectivity index (χ1n) is 17.7. The number of carbonyl (C=O) groups excluding carboxylic acids is 2. The highest BCUT2D eigenvalue weighted by molar-refractivity contribution is 5.78. The number of halogens is 2. The first-order chi connectivity index (χ1) is 23.4. The molecule has 13 heteroatoms. The standard InChI is InChI=1S/C36H48F2N8O3/c1-23(47)43-16-11-31-30(22-43)34(45-12-6-7-24-17-28(25-19-39-41(5)20-25)29(33(37)38)18-32(24)45)40-46(31)26-8-13-42(14-9-26)27-10-15-44(21-27)35(48)49-36(2,3)4/h17-20,26-27,33H,6-16,21-22H2,1-5H3/t27-/m0/s1. The number of fused-ring (bicyclic) bond motifs is 2. The maximum atomic E-state index is 14.6. The summed E-state index contributed by atoms with van der Waals surface area (Å²) in [5.74, 6) is 0.803. The van der Waals surface area contributed by atoms with Crippen molar-refractivity contribution in [2.24, 2.45) is 7.05 Å². The molecule has 2 saturated heterocycles. The molecule has 264 valence electrons. The van der Waals surface area contributed by atoms with Gasteiger partial charge >= 0.3 is 6.09 Å². The fraction of sp³-hybridized carbons (Fsp3) is 0.611. The number of likely N-dealkylation sites (tertiary alicyclic amines) is 2. The quantitative estimate of drug-likeness (QED) is 0.334. The lowest BCUT2D eigenvalue weighted by molar-refractivity contribution is -0.129. The number of aryl methyl sites for hydroxylation is 2. The van der Waals surface area contributed by atoms with E-state index < -0.39 is 12.0 Å². The number of alkyl halides is 2. The summed E-state index contributed by atoms with van der Waals surface area (Å²) < 4.78 is 38.7. The number of rotatable bonds is 5. The molecule has 7 rings (SSSR count). The van der Waals surface area contributed by atoms with E-state index in [1.165, 1.54) is 0 Å². The molecule has 0 radical (unpaired) electrons. The van der Waals surface area contributed by atoms with Crippen molar-refractivity contribution in [3.05, 3.63) is 46.9 Å². The van der Waals surface area contributed by atoms with Gasteiger partial charge in [0.25, 0.3) is 6.43 Å². The van der Waals surface area contributed by atoms with E-state index in [1.807, 2.05) is 36.6 Å². The Morgan fingerprint density at radius 3 is 2.41 bits per heavy atom. The van der Waals surface area contributed by atoms with E-state index in [0.717, 1.165) is 73.5 Å². The second-order valence-electron chi connectivity index (χ2n) is 15.0. The number of carbonyl (C=O) groups is 2. The molecular weight excluding hydrogens is 630 g/mol. The Morgan fingerprint density at radius 1 is 0.980 bits per heavy atom. The number of nitrogens with zero attached hydrogens (tertiary/aromatic N) is 8. The van der Waals surface area contributed by atoms with Gasteiger partial charge in [0.1, 0.15) is 5.60 Å². The Balaban J connectivity index is 1.15. The van der Waals surface area contributed by atoms with E-state index in [9.17, 15) is 18.4 Å². The number of benzene rings is 1. The van der Waals surface area contributed by atoms with Gasteiger partial charge in [-0.15, -0.1) is 0 Å². The van der Waals surface area contributed by atoms with Crippen molar-refractivity contribution >= 4 is 23.5 Å².